The van der Waals surface area contributed by atoms with Gasteiger partial charge in [0.2, 0.25) is 11.8 Å². The van der Waals surface area contributed by atoms with Gasteiger partial charge in [0, 0.05) is 49.9 Å². The number of nitrogens with one attached hydrogen (secondary N) is 1. The molecule has 12 nitrogen and oxygen atoms in total. The minimum absolute atomic E-state index is 0.0116. The van der Waals surface area contributed by atoms with Gasteiger partial charge in [0.1, 0.15) is 0 Å². The van der Waals surface area contributed by atoms with Gasteiger partial charge in [-0.25, -0.2) is 25.0 Å². The van der Waals surface area contributed by atoms with E-state index in [1.165, 1.54) is 18.2 Å². The average Bonchev–Trinajstić information content (AvgIpc) is 3.31. The maximum Gasteiger partial charge on any atom is 0.343 e. The number of nitrogens with two attached hydrogens (primary N) is 1. The second-order valence-corrected chi connectivity index (χ2v) is 10.4. The molecule has 5 N–H and O–H groups in total. The van der Waals surface area contributed by atoms with Crippen LogP contribution >= 0.6 is 0 Å². The number of amides is 2. The topological polar surface area (TPSA) is 157 Å². The third kappa shape index (κ3) is 6.11. The highest BCUT2D eigenvalue weighted by Crippen LogP contribution is 2.35. The van der Waals surface area contributed by atoms with Crippen LogP contribution in [0.3, 0.4) is 0 Å². The maximum atomic E-state index is 13.0. The fourth-order valence-electron chi connectivity index (χ4n) is 5.10. The highest BCUT2D eigenvalue weighted by atomic mass is 16.4. The number of aliphatic imine (C=N–C) groups is 1. The Kier molecular flexibility index (Phi) is 8.53. The SMILES string of the molecule is CN1CCN(CC(=O)N(C)c2ccc(N=C(c3ccccc3)c3c(O)n(C(=O)NN)c4cc(C(=O)O)ccc34)cc2)CC1. The predicted molar refractivity (Wildman–Crippen MR) is 164 cm³/mol. The summed E-state index contributed by atoms with van der Waals surface area (Å²) in [6, 6.07) is 19.6. The number of aromatic nitrogens is 1. The summed E-state index contributed by atoms with van der Waals surface area (Å²) in [5, 5.41) is 21.3. The van der Waals surface area contributed by atoms with Gasteiger partial charge < -0.3 is 20.0 Å². The number of fused-ring (bicyclic) bond motifs is 1. The van der Waals surface area contributed by atoms with Crippen LogP contribution in [0.1, 0.15) is 21.5 Å². The number of benzene rings is 3. The maximum absolute atomic E-state index is 13.0. The average molecular weight is 584 g/mol. The first-order chi connectivity index (χ1) is 20.7. The lowest BCUT2D eigenvalue weighted by Crippen LogP contribution is -2.48. The molecule has 3 aromatic carbocycles. The van der Waals surface area contributed by atoms with Crippen molar-refractivity contribution >= 4 is 45.9 Å². The van der Waals surface area contributed by atoms with Crippen molar-refractivity contribution in [2.24, 2.45) is 10.8 Å². The molecule has 1 saturated heterocycles. The van der Waals surface area contributed by atoms with Crippen LogP contribution in [-0.2, 0) is 4.79 Å². The second-order valence-electron chi connectivity index (χ2n) is 10.4. The molecule has 0 spiro atoms. The first kappa shape index (κ1) is 29.5. The van der Waals surface area contributed by atoms with Crippen molar-refractivity contribution in [2.75, 3.05) is 51.7 Å². The van der Waals surface area contributed by atoms with Crippen molar-refractivity contribution in [2.45, 2.75) is 0 Å². The third-order valence-electron chi connectivity index (χ3n) is 7.61. The molecule has 0 radical (unpaired) electrons. The van der Waals surface area contributed by atoms with Gasteiger partial charge >= 0.3 is 12.0 Å². The zero-order valence-corrected chi connectivity index (χ0v) is 23.9. The number of likely N-dealkylation sites (N-methyl/N-ethyl adjacent to an activating group) is 2. The molecule has 43 heavy (non-hydrogen) atoms. The van der Waals surface area contributed by atoms with Gasteiger partial charge in [0.15, 0.2) is 0 Å². The molecule has 1 aliphatic heterocycles. The normalized spacial score (nSPS) is 14.5. The molecular formula is C31H33N7O5. The van der Waals surface area contributed by atoms with E-state index in [0.29, 0.717) is 34.6 Å². The number of anilines is 1. The summed E-state index contributed by atoms with van der Waals surface area (Å²) in [6.07, 6.45) is 0. The minimum atomic E-state index is -1.19. The predicted octanol–water partition coefficient (Wildman–Crippen LogP) is 2.86. The number of piperazine rings is 1. The highest BCUT2D eigenvalue weighted by Gasteiger charge is 2.26. The van der Waals surface area contributed by atoms with Crippen molar-refractivity contribution in [3.8, 4) is 5.88 Å². The van der Waals surface area contributed by atoms with Gasteiger partial charge in [0.25, 0.3) is 0 Å². The molecule has 5 rings (SSSR count). The lowest BCUT2D eigenvalue weighted by molar-refractivity contribution is -0.119. The summed E-state index contributed by atoms with van der Waals surface area (Å²) in [6.45, 7) is 3.89. The van der Waals surface area contributed by atoms with Crippen molar-refractivity contribution in [3.05, 3.63) is 89.5 Å². The molecule has 1 aromatic heterocycles. The summed E-state index contributed by atoms with van der Waals surface area (Å²) >= 11 is 0. The monoisotopic (exact) mass is 583 g/mol. The van der Waals surface area contributed by atoms with Crippen LogP contribution in [0.15, 0.2) is 77.8 Å². The molecule has 0 bridgehead atoms. The Labute approximate surface area is 248 Å². The molecule has 0 atom stereocenters. The molecule has 1 fully saturated rings. The van der Waals surface area contributed by atoms with E-state index in [-0.39, 0.29) is 22.6 Å². The van der Waals surface area contributed by atoms with Crippen molar-refractivity contribution in [1.82, 2.24) is 19.8 Å². The summed E-state index contributed by atoms with van der Waals surface area (Å²) in [7, 11) is 3.82. The van der Waals surface area contributed by atoms with E-state index in [0.717, 1.165) is 30.7 Å². The smallest absolute Gasteiger partial charge is 0.343 e. The van der Waals surface area contributed by atoms with Crippen LogP contribution in [-0.4, -0.2) is 95.0 Å². The minimum Gasteiger partial charge on any atom is -0.494 e. The first-order valence-corrected chi connectivity index (χ1v) is 13.7. The Hall–Kier alpha value is -5.04. The van der Waals surface area contributed by atoms with Crippen molar-refractivity contribution < 1.29 is 24.6 Å². The number of aromatic carboxylic acids is 1. The number of rotatable bonds is 7. The molecule has 2 amide bonds. The number of nitrogens with zero attached hydrogens (tertiary/aromatic N) is 5. The number of hydrogen-bond acceptors (Lipinski definition) is 8. The Morgan fingerprint density at radius 1 is 0.953 bits per heavy atom. The number of hydrazine groups is 1. The van der Waals surface area contributed by atoms with E-state index in [2.05, 4.69) is 16.8 Å². The number of aromatic hydroxyl groups is 1. The van der Waals surface area contributed by atoms with Crippen molar-refractivity contribution in [3.63, 3.8) is 0 Å². The van der Waals surface area contributed by atoms with Crippen LogP contribution in [0.5, 0.6) is 5.88 Å². The van der Waals surface area contributed by atoms with Gasteiger partial charge in [-0.3, -0.25) is 15.1 Å². The van der Waals surface area contributed by atoms with Crippen LogP contribution in [0, 0.1) is 0 Å². The van der Waals surface area contributed by atoms with Crippen LogP contribution in [0.2, 0.25) is 0 Å². The quantitative estimate of drug-likeness (QED) is 0.112. The van der Waals surface area contributed by atoms with Gasteiger partial charge in [0.05, 0.1) is 34.6 Å². The number of carboxylic acids is 1. The Morgan fingerprint density at radius 2 is 1.63 bits per heavy atom. The highest BCUT2D eigenvalue weighted by molar-refractivity contribution is 6.23. The Morgan fingerprint density at radius 3 is 2.26 bits per heavy atom. The van der Waals surface area contributed by atoms with Crippen LogP contribution in [0.25, 0.3) is 10.9 Å². The summed E-state index contributed by atoms with van der Waals surface area (Å²) < 4.78 is 0.916. The molecule has 0 aliphatic carbocycles. The zero-order valence-electron chi connectivity index (χ0n) is 23.9. The van der Waals surface area contributed by atoms with Crippen LogP contribution < -0.4 is 16.2 Å². The van der Waals surface area contributed by atoms with E-state index >= 15 is 0 Å². The lowest BCUT2D eigenvalue weighted by atomic mass is 10.00. The molecule has 0 unspecified atom stereocenters. The number of hydrogen-bond donors (Lipinski definition) is 4. The molecule has 4 aromatic rings. The van der Waals surface area contributed by atoms with E-state index in [1.807, 2.05) is 35.8 Å². The van der Waals surface area contributed by atoms with Gasteiger partial charge in [-0.2, -0.15) is 0 Å². The molecular weight excluding hydrogens is 550 g/mol. The zero-order chi connectivity index (χ0) is 30.7. The van der Waals surface area contributed by atoms with Gasteiger partial charge in [-0.15, -0.1) is 0 Å². The van der Waals surface area contributed by atoms with E-state index in [1.54, 1.807) is 36.2 Å². The van der Waals surface area contributed by atoms with Crippen molar-refractivity contribution in [1.29, 1.82) is 0 Å². The fourth-order valence-corrected chi connectivity index (χ4v) is 5.10. The number of carbonyl (C=O) groups excluding carboxylic acids is 2. The molecule has 222 valence electrons. The fraction of sp³-hybridized carbons (Fsp3) is 0.226. The lowest BCUT2D eigenvalue weighted by Gasteiger charge is -2.32. The standard InChI is InChI=1S/C31H33N7O5/c1-35-14-16-37(17-15-35)19-26(39)36(2)23-11-9-22(10-12-23)33-28(20-6-4-3-5-7-20)27-24-13-8-21(30(41)42)18-25(24)38(29(27)40)31(43)34-32/h3-13,18,40H,14-17,19,32H2,1-2H3,(H,34,43)(H,41,42). The molecule has 0 saturated carbocycles. The first-order valence-electron chi connectivity index (χ1n) is 13.7. The number of nitrogen functional groups attached to an aromatic ring is 1. The molecule has 1 aliphatic rings. The Bertz CT molecular complexity index is 1690. The van der Waals surface area contributed by atoms with Gasteiger partial charge in [-0.1, -0.05) is 36.4 Å². The number of carboxylic acid groups (broad SMARTS) is 1. The third-order valence-corrected chi connectivity index (χ3v) is 7.61. The van der Waals surface area contributed by atoms with Crippen LogP contribution in [0.4, 0.5) is 16.2 Å². The molecule has 12 heteroatoms. The van der Waals surface area contributed by atoms with E-state index < -0.39 is 17.9 Å². The largest absolute Gasteiger partial charge is 0.494 e. The molecule has 2 heterocycles. The summed E-state index contributed by atoms with van der Waals surface area (Å²) in [5.74, 6) is 3.74. The second kappa shape index (κ2) is 12.4. The summed E-state index contributed by atoms with van der Waals surface area (Å²) in [5.41, 5.74) is 4.55. The summed E-state index contributed by atoms with van der Waals surface area (Å²) in [4.78, 5) is 48.2. The van der Waals surface area contributed by atoms with Gasteiger partial charge in [-0.05, 0) is 43.4 Å². The Balaban J connectivity index is 1.53. The van der Waals surface area contributed by atoms with E-state index in [4.69, 9.17) is 10.8 Å². The van der Waals surface area contributed by atoms with E-state index in [9.17, 15) is 24.6 Å². The number of carbonyl (C=O) groups is 3.